The van der Waals surface area contributed by atoms with Gasteiger partial charge in [0.1, 0.15) is 18.1 Å². The Labute approximate surface area is 241 Å². The van der Waals surface area contributed by atoms with Crippen molar-refractivity contribution in [2.75, 3.05) is 12.4 Å². The largest absolute Gasteiger partial charge is 0.459 e. The first-order valence-electron chi connectivity index (χ1n) is 11.6. The van der Waals surface area contributed by atoms with E-state index in [9.17, 15) is 19.2 Å². The van der Waals surface area contributed by atoms with Crippen LogP contribution in [0.25, 0.3) is 0 Å². The molecule has 0 spiro atoms. The second kappa shape index (κ2) is 14.1. The third kappa shape index (κ3) is 8.29. The van der Waals surface area contributed by atoms with Gasteiger partial charge in [-0.2, -0.15) is 0 Å². The molecular weight excluding hydrogens is 648 g/mol. The van der Waals surface area contributed by atoms with Crippen molar-refractivity contribution in [2.24, 2.45) is 0 Å². The van der Waals surface area contributed by atoms with Gasteiger partial charge < -0.3 is 23.7 Å². The van der Waals surface area contributed by atoms with Crippen LogP contribution in [-0.4, -0.2) is 66.1 Å². The lowest BCUT2D eigenvalue weighted by molar-refractivity contribution is -0.228. The van der Waals surface area contributed by atoms with E-state index in [4.69, 9.17) is 23.7 Å². The van der Waals surface area contributed by atoms with Crippen molar-refractivity contribution in [2.45, 2.75) is 50.6 Å². The van der Waals surface area contributed by atoms with Crippen molar-refractivity contribution >= 4 is 67.5 Å². The fraction of sp³-hybridized carbons (Fsp3) is 0.385. The van der Waals surface area contributed by atoms with E-state index < -0.39 is 53.7 Å². The highest BCUT2D eigenvalue weighted by molar-refractivity contribution is 9.10. The zero-order chi connectivity index (χ0) is 27.8. The molecule has 0 aliphatic carbocycles. The molecule has 1 heterocycles. The lowest BCUT2D eigenvalue weighted by atomic mass is 9.99. The SMILES string of the molecule is CCS[C@@H]1O[C@H](COC(=O)c2ccc(Br)cc2)[C@@H](OC(=O)c2ccc(Br)cc2)[C@H](OC(C)=O)[C@H]1OC(C)=O. The third-order valence-electron chi connectivity index (χ3n) is 5.31. The van der Waals surface area contributed by atoms with Gasteiger partial charge >= 0.3 is 23.9 Å². The molecule has 0 bridgehead atoms. The van der Waals surface area contributed by atoms with Crippen LogP contribution in [0, 0.1) is 0 Å². The van der Waals surface area contributed by atoms with Gasteiger partial charge in [0.05, 0.1) is 11.1 Å². The fourth-order valence-corrected chi connectivity index (χ4v) is 5.18. The first-order chi connectivity index (χ1) is 18.1. The van der Waals surface area contributed by atoms with Crippen LogP contribution in [0.1, 0.15) is 41.5 Å². The van der Waals surface area contributed by atoms with Crippen LogP contribution in [0.2, 0.25) is 0 Å². The monoisotopic (exact) mass is 672 g/mol. The van der Waals surface area contributed by atoms with Gasteiger partial charge in [-0.3, -0.25) is 9.59 Å². The van der Waals surface area contributed by atoms with Crippen LogP contribution in [-0.2, 0) is 33.3 Å². The van der Waals surface area contributed by atoms with Crippen molar-refractivity contribution in [3.8, 4) is 0 Å². The molecule has 2 aromatic rings. The number of esters is 4. The summed E-state index contributed by atoms with van der Waals surface area (Å²) in [4.78, 5) is 49.8. The molecule has 1 aliphatic rings. The maximum Gasteiger partial charge on any atom is 0.338 e. The predicted molar refractivity (Wildman–Crippen MR) is 146 cm³/mol. The summed E-state index contributed by atoms with van der Waals surface area (Å²) in [6.07, 6.45) is -4.59. The normalized spacial score (nSPS) is 22.7. The Morgan fingerprint density at radius 3 is 1.76 bits per heavy atom. The molecule has 0 N–H and O–H groups in total. The topological polar surface area (TPSA) is 114 Å². The van der Waals surface area contributed by atoms with Crippen molar-refractivity contribution < 1.29 is 42.9 Å². The van der Waals surface area contributed by atoms with Crippen molar-refractivity contribution in [1.29, 1.82) is 0 Å². The quantitative estimate of drug-likeness (QED) is 0.268. The van der Waals surface area contributed by atoms with Crippen LogP contribution in [0.3, 0.4) is 0 Å². The highest BCUT2D eigenvalue weighted by Gasteiger charge is 2.52. The maximum atomic E-state index is 13.1. The Bertz CT molecular complexity index is 1140. The Morgan fingerprint density at radius 2 is 1.26 bits per heavy atom. The summed E-state index contributed by atoms with van der Waals surface area (Å²) >= 11 is 7.94. The van der Waals surface area contributed by atoms with Crippen molar-refractivity contribution in [1.82, 2.24) is 0 Å². The molecule has 0 saturated carbocycles. The lowest BCUT2D eigenvalue weighted by Crippen LogP contribution is -2.61. The zero-order valence-corrected chi connectivity index (χ0v) is 24.7. The minimum atomic E-state index is -1.26. The van der Waals surface area contributed by atoms with E-state index >= 15 is 0 Å². The second-order valence-electron chi connectivity index (χ2n) is 8.13. The van der Waals surface area contributed by atoms with E-state index in [2.05, 4.69) is 31.9 Å². The van der Waals surface area contributed by atoms with E-state index in [1.54, 1.807) is 48.5 Å². The highest BCUT2D eigenvalue weighted by atomic mass is 79.9. The van der Waals surface area contributed by atoms with Crippen molar-refractivity contribution in [3.05, 3.63) is 68.6 Å². The first kappa shape index (κ1) is 30.1. The van der Waals surface area contributed by atoms with Gasteiger partial charge in [0.25, 0.3) is 0 Å². The molecule has 5 atom stereocenters. The highest BCUT2D eigenvalue weighted by Crippen LogP contribution is 2.34. The summed E-state index contributed by atoms with van der Waals surface area (Å²) in [7, 11) is 0. The number of halogens is 2. The molecule has 2 aromatic carbocycles. The van der Waals surface area contributed by atoms with Crippen LogP contribution in [0.15, 0.2) is 57.5 Å². The standard InChI is InChI=1S/C26H26Br2O9S/c1-4-38-26-23(35-15(3)30)22(34-14(2)29)21(37-25(32)17-7-11-19(28)12-8-17)20(36-26)13-33-24(31)16-5-9-18(27)10-6-16/h5-12,20-23,26H,4,13H2,1-3H3/t20-,21-,22+,23-,26+/m1/s1. The number of thioether (sulfide) groups is 1. The summed E-state index contributed by atoms with van der Waals surface area (Å²) in [6, 6.07) is 13.0. The number of hydrogen-bond donors (Lipinski definition) is 0. The summed E-state index contributed by atoms with van der Waals surface area (Å²) in [5.74, 6) is -2.08. The first-order valence-corrected chi connectivity index (χ1v) is 14.2. The molecule has 1 saturated heterocycles. The molecule has 0 radical (unpaired) electrons. The molecular formula is C26H26Br2O9S. The van der Waals surface area contributed by atoms with E-state index in [1.807, 2.05) is 6.92 Å². The number of carbonyl (C=O) groups excluding carboxylic acids is 4. The number of hydrogen-bond acceptors (Lipinski definition) is 10. The molecule has 3 rings (SSSR count). The third-order valence-corrected chi connectivity index (χ3v) is 7.41. The van der Waals surface area contributed by atoms with Crippen molar-refractivity contribution in [3.63, 3.8) is 0 Å². The van der Waals surface area contributed by atoms with Gasteiger partial charge in [0, 0.05) is 22.8 Å². The molecule has 12 heteroatoms. The Balaban J connectivity index is 1.93. The van der Waals surface area contributed by atoms with Gasteiger partial charge in [-0.05, 0) is 54.3 Å². The molecule has 204 valence electrons. The summed E-state index contributed by atoms with van der Waals surface area (Å²) in [6.45, 7) is 3.96. The molecule has 1 fully saturated rings. The van der Waals surface area contributed by atoms with Gasteiger partial charge in [-0.1, -0.05) is 38.8 Å². The number of rotatable bonds is 9. The Morgan fingerprint density at radius 1 is 0.763 bits per heavy atom. The van der Waals surface area contributed by atoms with Gasteiger partial charge in [0.2, 0.25) is 0 Å². The van der Waals surface area contributed by atoms with Crippen LogP contribution in [0.4, 0.5) is 0 Å². The molecule has 38 heavy (non-hydrogen) atoms. The molecule has 0 amide bonds. The maximum absolute atomic E-state index is 13.1. The summed E-state index contributed by atoms with van der Waals surface area (Å²) in [5.41, 5.74) is -0.247. The minimum Gasteiger partial charge on any atom is -0.459 e. The second-order valence-corrected chi connectivity index (χ2v) is 11.3. The number of carbonyl (C=O) groups is 4. The average Bonchev–Trinajstić information content (AvgIpc) is 2.86. The molecule has 1 aliphatic heterocycles. The number of benzene rings is 2. The minimum absolute atomic E-state index is 0.231. The molecule has 0 aromatic heterocycles. The summed E-state index contributed by atoms with van der Waals surface area (Å²) in [5, 5.41) is 0. The lowest BCUT2D eigenvalue weighted by Gasteiger charge is -2.44. The van der Waals surface area contributed by atoms with E-state index in [1.165, 1.54) is 25.6 Å². The smallest absolute Gasteiger partial charge is 0.338 e. The Hall–Kier alpha value is -2.41. The molecule has 0 unspecified atom stereocenters. The van der Waals surface area contributed by atoms with Crippen LogP contribution < -0.4 is 0 Å². The predicted octanol–water partition coefficient (Wildman–Crippen LogP) is 4.94. The van der Waals surface area contributed by atoms with Gasteiger partial charge in [-0.15, -0.1) is 11.8 Å². The summed E-state index contributed by atoms with van der Waals surface area (Å²) < 4.78 is 30.0. The average molecular weight is 674 g/mol. The Kier molecular flexibility index (Phi) is 11.2. The van der Waals surface area contributed by atoms with Crippen LogP contribution in [0.5, 0.6) is 0 Å². The van der Waals surface area contributed by atoms with Gasteiger partial charge in [0.15, 0.2) is 18.3 Å². The van der Waals surface area contributed by atoms with E-state index in [0.717, 1.165) is 8.95 Å². The van der Waals surface area contributed by atoms with Gasteiger partial charge in [-0.25, -0.2) is 9.59 Å². The van der Waals surface area contributed by atoms with E-state index in [-0.39, 0.29) is 12.2 Å². The zero-order valence-electron chi connectivity index (χ0n) is 20.8. The van der Waals surface area contributed by atoms with Crippen LogP contribution >= 0.6 is 43.6 Å². The number of ether oxygens (including phenoxy) is 5. The fourth-order valence-electron chi connectivity index (χ4n) is 3.70. The van der Waals surface area contributed by atoms with E-state index in [0.29, 0.717) is 11.3 Å². The molecule has 9 nitrogen and oxygen atoms in total.